The average molecular weight is 222 g/mol. The Morgan fingerprint density at radius 1 is 1.40 bits per heavy atom. The third kappa shape index (κ3) is 2.53. The molecule has 2 aromatic heterocycles. The summed E-state index contributed by atoms with van der Waals surface area (Å²) in [5.41, 5.74) is 1.27. The zero-order valence-electron chi connectivity index (χ0n) is 8.33. The summed E-state index contributed by atoms with van der Waals surface area (Å²) in [6.45, 7) is 2.81. The van der Waals surface area contributed by atoms with E-state index in [2.05, 4.69) is 28.7 Å². The third-order valence-corrected chi connectivity index (χ3v) is 3.15. The smallest absolute Gasteiger partial charge is 0.141 e. The molecule has 78 valence electrons. The molecule has 0 radical (unpaired) electrons. The normalized spacial score (nSPS) is 10.3. The van der Waals surface area contributed by atoms with Crippen molar-refractivity contribution < 1.29 is 4.39 Å². The first-order valence-electron chi connectivity index (χ1n) is 4.64. The zero-order chi connectivity index (χ0) is 10.7. The van der Waals surface area contributed by atoms with Gasteiger partial charge >= 0.3 is 0 Å². The summed E-state index contributed by atoms with van der Waals surface area (Å²) < 4.78 is 12.6. The summed E-state index contributed by atoms with van der Waals surface area (Å²) in [6.07, 6.45) is 1.21. The Labute approximate surface area is 91.8 Å². The number of pyridine rings is 1. The Morgan fingerprint density at radius 3 is 2.87 bits per heavy atom. The molecule has 2 nitrogen and oxygen atoms in total. The predicted octanol–water partition coefficient (Wildman–Crippen LogP) is 3.20. The van der Waals surface area contributed by atoms with Crippen LogP contribution in [0.1, 0.15) is 10.4 Å². The SMILES string of the molecule is Cc1ccsc1CNc1ccc(F)cn1. The highest BCUT2D eigenvalue weighted by Gasteiger charge is 2.00. The van der Waals surface area contributed by atoms with Gasteiger partial charge in [-0.25, -0.2) is 9.37 Å². The third-order valence-electron chi connectivity index (χ3n) is 2.13. The van der Waals surface area contributed by atoms with E-state index in [4.69, 9.17) is 0 Å². The minimum Gasteiger partial charge on any atom is -0.365 e. The van der Waals surface area contributed by atoms with Crippen molar-refractivity contribution in [3.63, 3.8) is 0 Å². The van der Waals surface area contributed by atoms with Gasteiger partial charge in [0.25, 0.3) is 0 Å². The second-order valence-electron chi connectivity index (χ2n) is 3.24. The Bertz CT molecular complexity index is 436. The van der Waals surface area contributed by atoms with Crippen molar-refractivity contribution in [2.75, 3.05) is 5.32 Å². The number of thiophene rings is 1. The van der Waals surface area contributed by atoms with Gasteiger partial charge in [-0.3, -0.25) is 0 Å². The molecule has 2 rings (SSSR count). The first-order chi connectivity index (χ1) is 7.25. The summed E-state index contributed by atoms with van der Waals surface area (Å²) in [7, 11) is 0. The van der Waals surface area contributed by atoms with Crippen LogP contribution in [0.25, 0.3) is 0 Å². The number of aromatic nitrogens is 1. The lowest BCUT2D eigenvalue weighted by molar-refractivity contribution is 0.621. The maximum Gasteiger partial charge on any atom is 0.141 e. The van der Waals surface area contributed by atoms with Gasteiger partial charge in [-0.15, -0.1) is 11.3 Å². The van der Waals surface area contributed by atoms with Crippen molar-refractivity contribution in [2.45, 2.75) is 13.5 Å². The van der Waals surface area contributed by atoms with E-state index in [0.717, 1.165) is 6.54 Å². The molecule has 0 amide bonds. The van der Waals surface area contributed by atoms with Crippen LogP contribution in [0.15, 0.2) is 29.8 Å². The standard InChI is InChI=1S/C11H11FN2S/c1-8-4-5-15-10(8)7-14-11-3-2-9(12)6-13-11/h2-6H,7H2,1H3,(H,13,14). The number of rotatable bonds is 3. The molecule has 0 aliphatic heterocycles. The summed E-state index contributed by atoms with van der Waals surface area (Å²) in [5.74, 6) is 0.386. The number of halogens is 1. The molecule has 0 atom stereocenters. The molecule has 0 saturated carbocycles. The van der Waals surface area contributed by atoms with E-state index in [9.17, 15) is 4.39 Å². The van der Waals surface area contributed by atoms with Crippen LogP contribution in [0.3, 0.4) is 0 Å². The maximum absolute atomic E-state index is 12.6. The highest BCUT2D eigenvalue weighted by molar-refractivity contribution is 7.10. The molecule has 4 heteroatoms. The van der Waals surface area contributed by atoms with Crippen molar-refractivity contribution >= 4 is 17.2 Å². The minimum atomic E-state index is -0.312. The molecule has 2 heterocycles. The molecular formula is C11H11FN2S. The van der Waals surface area contributed by atoms with Gasteiger partial charge in [-0.1, -0.05) is 0 Å². The van der Waals surface area contributed by atoms with Gasteiger partial charge in [0.15, 0.2) is 0 Å². The second-order valence-corrected chi connectivity index (χ2v) is 4.24. The van der Waals surface area contributed by atoms with Gasteiger partial charge in [0.05, 0.1) is 12.7 Å². The van der Waals surface area contributed by atoms with Crippen LogP contribution in [0.5, 0.6) is 0 Å². The summed E-state index contributed by atoms with van der Waals surface area (Å²) >= 11 is 1.71. The van der Waals surface area contributed by atoms with E-state index in [1.54, 1.807) is 17.4 Å². The highest BCUT2D eigenvalue weighted by Crippen LogP contribution is 2.16. The van der Waals surface area contributed by atoms with Crippen molar-refractivity contribution in [3.8, 4) is 0 Å². The van der Waals surface area contributed by atoms with Gasteiger partial charge in [-0.2, -0.15) is 0 Å². The molecule has 0 aromatic carbocycles. The summed E-state index contributed by atoms with van der Waals surface area (Å²) in [5, 5.41) is 5.21. The van der Waals surface area contributed by atoms with Crippen LogP contribution in [-0.4, -0.2) is 4.98 Å². The van der Waals surface area contributed by atoms with E-state index in [0.29, 0.717) is 5.82 Å². The maximum atomic E-state index is 12.6. The number of nitrogens with zero attached hydrogens (tertiary/aromatic N) is 1. The topological polar surface area (TPSA) is 24.9 Å². The molecule has 0 saturated heterocycles. The molecule has 2 aromatic rings. The molecule has 0 aliphatic rings. The fourth-order valence-corrected chi connectivity index (χ4v) is 2.08. The van der Waals surface area contributed by atoms with Crippen molar-refractivity contribution in [1.82, 2.24) is 4.98 Å². The number of hydrogen-bond donors (Lipinski definition) is 1. The lowest BCUT2D eigenvalue weighted by Crippen LogP contribution is -2.00. The van der Waals surface area contributed by atoms with Crippen LogP contribution in [0.4, 0.5) is 10.2 Å². The number of aryl methyl sites for hydroxylation is 1. The molecule has 0 bridgehead atoms. The number of anilines is 1. The zero-order valence-corrected chi connectivity index (χ0v) is 9.14. The second kappa shape index (κ2) is 4.40. The van der Waals surface area contributed by atoms with Crippen LogP contribution in [0.2, 0.25) is 0 Å². The fourth-order valence-electron chi connectivity index (χ4n) is 1.24. The molecule has 1 N–H and O–H groups in total. The number of nitrogens with one attached hydrogen (secondary N) is 1. The monoisotopic (exact) mass is 222 g/mol. The Morgan fingerprint density at radius 2 is 2.27 bits per heavy atom. The van der Waals surface area contributed by atoms with E-state index in [-0.39, 0.29) is 5.82 Å². The fraction of sp³-hybridized carbons (Fsp3) is 0.182. The highest BCUT2D eigenvalue weighted by atomic mass is 32.1. The van der Waals surface area contributed by atoms with Crippen molar-refractivity contribution in [3.05, 3.63) is 46.0 Å². The Kier molecular flexibility index (Phi) is 2.97. The quantitative estimate of drug-likeness (QED) is 0.862. The lowest BCUT2D eigenvalue weighted by atomic mass is 10.3. The van der Waals surface area contributed by atoms with Gasteiger partial charge in [-0.05, 0) is 36.1 Å². The average Bonchev–Trinajstić information content (AvgIpc) is 2.63. The van der Waals surface area contributed by atoms with Gasteiger partial charge < -0.3 is 5.32 Å². The molecule has 15 heavy (non-hydrogen) atoms. The van der Waals surface area contributed by atoms with Crippen molar-refractivity contribution in [1.29, 1.82) is 0 Å². The Hall–Kier alpha value is -1.42. The molecular weight excluding hydrogens is 211 g/mol. The molecule has 0 fully saturated rings. The first-order valence-corrected chi connectivity index (χ1v) is 5.52. The molecule has 0 aliphatic carbocycles. The lowest BCUT2D eigenvalue weighted by Gasteiger charge is -2.04. The predicted molar refractivity (Wildman–Crippen MR) is 60.6 cm³/mol. The van der Waals surface area contributed by atoms with Crippen molar-refractivity contribution in [2.24, 2.45) is 0 Å². The van der Waals surface area contributed by atoms with E-state index in [1.165, 1.54) is 22.7 Å². The Balaban J connectivity index is 1.99. The molecule has 0 unspecified atom stereocenters. The van der Waals surface area contributed by atoms with Gasteiger partial charge in [0, 0.05) is 4.88 Å². The summed E-state index contributed by atoms with van der Waals surface area (Å²) in [6, 6.07) is 5.12. The largest absolute Gasteiger partial charge is 0.365 e. The first kappa shape index (κ1) is 10.1. The van der Waals surface area contributed by atoms with Crippen LogP contribution in [0, 0.1) is 12.7 Å². The minimum absolute atomic E-state index is 0.312. The van der Waals surface area contributed by atoms with Crippen LogP contribution >= 0.6 is 11.3 Å². The van der Waals surface area contributed by atoms with E-state index < -0.39 is 0 Å². The van der Waals surface area contributed by atoms with Gasteiger partial charge in [0.1, 0.15) is 11.6 Å². The van der Waals surface area contributed by atoms with Crippen LogP contribution < -0.4 is 5.32 Å². The van der Waals surface area contributed by atoms with E-state index >= 15 is 0 Å². The van der Waals surface area contributed by atoms with Gasteiger partial charge in [0.2, 0.25) is 0 Å². The molecule has 0 spiro atoms. The van der Waals surface area contributed by atoms with Crippen LogP contribution in [-0.2, 0) is 6.54 Å². The summed E-state index contributed by atoms with van der Waals surface area (Å²) in [4.78, 5) is 5.20. The van der Waals surface area contributed by atoms with E-state index in [1.807, 2.05) is 0 Å². The number of hydrogen-bond acceptors (Lipinski definition) is 3.